The van der Waals surface area contributed by atoms with E-state index in [1.807, 2.05) is 82.3 Å². The number of hydrogen-bond acceptors (Lipinski definition) is 4. The summed E-state index contributed by atoms with van der Waals surface area (Å²) in [6.45, 7) is 1.10. The van der Waals surface area contributed by atoms with E-state index in [9.17, 15) is 9.59 Å². The molecule has 5 rings (SSSR count). The molecule has 0 saturated carbocycles. The maximum absolute atomic E-state index is 13.3. The lowest BCUT2D eigenvalue weighted by Gasteiger charge is -2.36. The number of para-hydroxylation sites is 1. The van der Waals surface area contributed by atoms with Crippen LogP contribution in [0, 0.1) is 0 Å². The summed E-state index contributed by atoms with van der Waals surface area (Å²) in [5, 5.41) is 2.89. The predicted molar refractivity (Wildman–Crippen MR) is 125 cm³/mol. The molecule has 0 bridgehead atoms. The van der Waals surface area contributed by atoms with Crippen molar-refractivity contribution in [3.63, 3.8) is 0 Å². The average molecular weight is 438 g/mol. The summed E-state index contributed by atoms with van der Waals surface area (Å²) in [4.78, 5) is 36.8. The molecule has 0 spiro atoms. The fraction of sp³-hybridized carbons (Fsp3) is 0.154. The molecule has 1 aliphatic rings. The average Bonchev–Trinajstić information content (AvgIpc) is 3.30. The molecular weight excluding hydrogens is 414 g/mol. The van der Waals surface area contributed by atoms with Gasteiger partial charge in [0, 0.05) is 37.4 Å². The largest absolute Gasteiger partial charge is 0.330 e. The summed E-state index contributed by atoms with van der Waals surface area (Å²) >= 11 is 0. The molecule has 0 aliphatic carbocycles. The number of hydrogen-bond donors (Lipinski definition) is 1. The van der Waals surface area contributed by atoms with Crippen molar-refractivity contribution < 1.29 is 9.59 Å². The van der Waals surface area contributed by atoms with E-state index < -0.39 is 0 Å². The Balaban J connectivity index is 1.46. The Labute approximate surface area is 191 Å². The van der Waals surface area contributed by atoms with E-state index in [0.29, 0.717) is 30.3 Å². The Hall–Kier alpha value is -4.26. The molecule has 2 amide bonds. The van der Waals surface area contributed by atoms with E-state index in [-0.39, 0.29) is 24.3 Å². The lowest BCUT2D eigenvalue weighted by molar-refractivity contribution is -0.133. The van der Waals surface area contributed by atoms with E-state index in [0.717, 1.165) is 11.1 Å². The van der Waals surface area contributed by atoms with Crippen molar-refractivity contribution in [2.75, 3.05) is 11.9 Å². The first-order valence-electron chi connectivity index (χ1n) is 10.9. The molecule has 1 aliphatic heterocycles. The molecule has 2 aromatic heterocycles. The molecule has 1 atom stereocenters. The number of imidazole rings is 1. The molecule has 1 unspecified atom stereocenters. The summed E-state index contributed by atoms with van der Waals surface area (Å²) in [6.07, 6.45) is 5.44. The van der Waals surface area contributed by atoms with Gasteiger partial charge >= 0.3 is 0 Å². The third-order valence-electron chi connectivity index (χ3n) is 5.72. The van der Waals surface area contributed by atoms with Crippen LogP contribution in [0.2, 0.25) is 0 Å². The number of fused-ring (bicyclic) bond motifs is 1. The minimum atomic E-state index is -0.373. The normalized spacial score (nSPS) is 15.0. The molecule has 33 heavy (non-hydrogen) atoms. The van der Waals surface area contributed by atoms with Crippen molar-refractivity contribution in [3.05, 3.63) is 114 Å². The van der Waals surface area contributed by atoms with Gasteiger partial charge in [0.25, 0.3) is 5.91 Å². The summed E-state index contributed by atoms with van der Waals surface area (Å²) in [7, 11) is 0. The Kier molecular flexibility index (Phi) is 5.68. The van der Waals surface area contributed by atoms with Crippen LogP contribution in [0.25, 0.3) is 0 Å². The second-order valence-corrected chi connectivity index (χ2v) is 7.94. The molecule has 0 saturated heterocycles. The van der Waals surface area contributed by atoms with Crippen molar-refractivity contribution >= 4 is 17.5 Å². The number of nitrogens with one attached hydrogen (secondary N) is 1. The van der Waals surface area contributed by atoms with Crippen LogP contribution in [-0.4, -0.2) is 37.8 Å². The summed E-state index contributed by atoms with van der Waals surface area (Å²) in [5.74, 6) is 0.412. The van der Waals surface area contributed by atoms with Gasteiger partial charge in [0.2, 0.25) is 5.91 Å². The lowest BCUT2D eigenvalue weighted by Crippen LogP contribution is -2.43. The molecule has 1 N–H and O–H groups in total. The van der Waals surface area contributed by atoms with Crippen LogP contribution in [0.4, 0.5) is 5.69 Å². The van der Waals surface area contributed by atoms with Crippen molar-refractivity contribution in [3.8, 4) is 0 Å². The zero-order valence-corrected chi connectivity index (χ0v) is 18.0. The van der Waals surface area contributed by atoms with Gasteiger partial charge in [0.1, 0.15) is 17.6 Å². The van der Waals surface area contributed by atoms with Gasteiger partial charge in [-0.1, -0.05) is 54.6 Å². The monoisotopic (exact) mass is 437 g/mol. The molecule has 2 aromatic carbocycles. The third-order valence-corrected chi connectivity index (χ3v) is 5.72. The van der Waals surface area contributed by atoms with Crippen LogP contribution in [0.1, 0.15) is 33.5 Å². The molecule has 7 nitrogen and oxygen atoms in total. The van der Waals surface area contributed by atoms with Gasteiger partial charge < -0.3 is 14.8 Å². The number of rotatable bonds is 5. The van der Waals surface area contributed by atoms with E-state index in [1.165, 1.54) is 0 Å². The second-order valence-electron chi connectivity index (χ2n) is 7.94. The van der Waals surface area contributed by atoms with Crippen molar-refractivity contribution in [1.82, 2.24) is 19.4 Å². The summed E-state index contributed by atoms with van der Waals surface area (Å²) in [6, 6.07) is 22.5. The van der Waals surface area contributed by atoms with Gasteiger partial charge in [-0.05, 0) is 29.3 Å². The Morgan fingerprint density at radius 2 is 1.70 bits per heavy atom. The van der Waals surface area contributed by atoms with Gasteiger partial charge in [-0.25, -0.2) is 4.98 Å². The third kappa shape index (κ3) is 4.39. The number of carbonyl (C=O) groups is 2. The van der Waals surface area contributed by atoms with Gasteiger partial charge in [-0.2, -0.15) is 0 Å². The highest BCUT2D eigenvalue weighted by atomic mass is 16.2. The number of amides is 2. The van der Waals surface area contributed by atoms with E-state index >= 15 is 0 Å². The van der Waals surface area contributed by atoms with Crippen molar-refractivity contribution in [1.29, 1.82) is 0 Å². The minimum Gasteiger partial charge on any atom is -0.330 e. The summed E-state index contributed by atoms with van der Waals surface area (Å²) < 4.78 is 1.98. The topological polar surface area (TPSA) is 80.1 Å². The van der Waals surface area contributed by atoms with Crippen LogP contribution in [0.5, 0.6) is 0 Å². The van der Waals surface area contributed by atoms with Crippen LogP contribution in [-0.2, 0) is 17.8 Å². The highest BCUT2D eigenvalue weighted by Gasteiger charge is 2.34. The molecule has 3 heterocycles. The number of nitrogens with zero attached hydrogens (tertiary/aromatic N) is 4. The SMILES string of the molecule is O=C(Nc1ccccc1)c1cn2c(n1)C(c1ccccc1)N(C(=O)Cc1cccnc1)CC2. The smallest absolute Gasteiger partial charge is 0.275 e. The Morgan fingerprint density at radius 1 is 0.939 bits per heavy atom. The highest BCUT2D eigenvalue weighted by molar-refractivity contribution is 6.02. The fourth-order valence-electron chi connectivity index (χ4n) is 4.15. The second kappa shape index (κ2) is 9.08. The quantitative estimate of drug-likeness (QED) is 0.516. The first-order valence-corrected chi connectivity index (χ1v) is 10.9. The van der Waals surface area contributed by atoms with Crippen LogP contribution in [0.15, 0.2) is 91.4 Å². The Bertz CT molecular complexity index is 1260. The predicted octanol–water partition coefficient (Wildman–Crippen LogP) is 3.70. The number of benzene rings is 2. The first-order chi connectivity index (χ1) is 16.2. The van der Waals surface area contributed by atoms with E-state index in [2.05, 4.69) is 15.3 Å². The van der Waals surface area contributed by atoms with E-state index in [4.69, 9.17) is 0 Å². The molecule has 0 fully saturated rings. The molecular formula is C26H23N5O2. The molecule has 0 radical (unpaired) electrons. The lowest BCUT2D eigenvalue weighted by atomic mass is 10.0. The maximum Gasteiger partial charge on any atom is 0.275 e. The van der Waals surface area contributed by atoms with Gasteiger partial charge in [-0.3, -0.25) is 14.6 Å². The molecule has 7 heteroatoms. The maximum atomic E-state index is 13.3. The van der Waals surface area contributed by atoms with Crippen LogP contribution < -0.4 is 5.32 Å². The number of anilines is 1. The standard InChI is InChI=1S/C26H23N5O2/c32-23(16-19-8-7-13-27-17-19)31-15-14-30-18-22(26(33)28-21-11-5-2-6-12-21)29-25(30)24(31)20-9-3-1-4-10-20/h1-13,17-18,24H,14-16H2,(H,28,33). The molecule has 164 valence electrons. The van der Waals surface area contributed by atoms with E-state index in [1.54, 1.807) is 18.6 Å². The zero-order chi connectivity index (χ0) is 22.6. The van der Waals surface area contributed by atoms with Crippen molar-refractivity contribution in [2.24, 2.45) is 0 Å². The van der Waals surface area contributed by atoms with Gasteiger partial charge in [-0.15, -0.1) is 0 Å². The number of aromatic nitrogens is 3. The zero-order valence-electron chi connectivity index (χ0n) is 18.0. The number of pyridine rings is 1. The first kappa shape index (κ1) is 20.6. The Morgan fingerprint density at radius 3 is 2.42 bits per heavy atom. The van der Waals surface area contributed by atoms with Crippen molar-refractivity contribution in [2.45, 2.75) is 19.0 Å². The molecule has 4 aromatic rings. The minimum absolute atomic E-state index is 0.00129. The summed E-state index contributed by atoms with van der Waals surface area (Å²) in [5.41, 5.74) is 2.86. The fourth-order valence-corrected chi connectivity index (χ4v) is 4.15. The highest BCUT2D eigenvalue weighted by Crippen LogP contribution is 2.32. The number of carbonyl (C=O) groups excluding carboxylic acids is 2. The van der Waals surface area contributed by atoms with Gasteiger partial charge in [0.05, 0.1) is 6.42 Å². The van der Waals surface area contributed by atoms with Crippen LogP contribution in [0.3, 0.4) is 0 Å². The van der Waals surface area contributed by atoms with Crippen LogP contribution >= 0.6 is 0 Å². The van der Waals surface area contributed by atoms with Gasteiger partial charge in [0.15, 0.2) is 0 Å².